The van der Waals surface area contributed by atoms with E-state index in [9.17, 15) is 9.59 Å². The average molecular weight is 321 g/mol. The van der Waals surface area contributed by atoms with Gasteiger partial charge in [-0.1, -0.05) is 29.8 Å². The molecule has 1 amide bonds. The third kappa shape index (κ3) is 7.79. The van der Waals surface area contributed by atoms with E-state index in [2.05, 4.69) is 0 Å². The van der Waals surface area contributed by atoms with Crippen molar-refractivity contribution < 1.29 is 19.1 Å². The number of carbonyl (C=O) groups is 2. The number of ether oxygens (including phenoxy) is 2. The SMILES string of the molecule is CCOC(=O)CCN(CCOC)C(=O)CCc1ccc(C)cc1. The molecule has 0 spiro atoms. The molecule has 0 radical (unpaired) electrons. The largest absolute Gasteiger partial charge is 0.466 e. The van der Waals surface area contributed by atoms with Crippen molar-refractivity contribution in [3.05, 3.63) is 35.4 Å². The normalized spacial score (nSPS) is 10.4. The first-order valence-corrected chi connectivity index (χ1v) is 8.04. The van der Waals surface area contributed by atoms with Crippen molar-refractivity contribution in [3.63, 3.8) is 0 Å². The van der Waals surface area contributed by atoms with Gasteiger partial charge >= 0.3 is 5.97 Å². The van der Waals surface area contributed by atoms with Gasteiger partial charge in [0.25, 0.3) is 0 Å². The van der Waals surface area contributed by atoms with E-state index in [0.29, 0.717) is 39.1 Å². The van der Waals surface area contributed by atoms with Gasteiger partial charge in [-0.15, -0.1) is 0 Å². The molecule has 0 aliphatic carbocycles. The summed E-state index contributed by atoms with van der Waals surface area (Å²) in [6.07, 6.45) is 1.34. The number of hydrogen-bond donors (Lipinski definition) is 0. The van der Waals surface area contributed by atoms with Crippen LogP contribution >= 0.6 is 0 Å². The minimum absolute atomic E-state index is 0.0342. The van der Waals surface area contributed by atoms with Crippen LogP contribution < -0.4 is 0 Å². The van der Waals surface area contributed by atoms with Gasteiger partial charge in [0, 0.05) is 26.6 Å². The van der Waals surface area contributed by atoms with Crippen LogP contribution in [0.3, 0.4) is 0 Å². The second-order valence-electron chi connectivity index (χ2n) is 5.41. The maximum absolute atomic E-state index is 12.4. The highest BCUT2D eigenvalue weighted by Gasteiger charge is 2.15. The summed E-state index contributed by atoms with van der Waals surface area (Å²) in [5.74, 6) is -0.242. The molecule has 1 aromatic carbocycles. The van der Waals surface area contributed by atoms with Crippen LogP contribution in [0.15, 0.2) is 24.3 Å². The molecule has 0 N–H and O–H groups in total. The van der Waals surface area contributed by atoms with Gasteiger partial charge in [-0.2, -0.15) is 0 Å². The molecular formula is C18H27NO4. The van der Waals surface area contributed by atoms with E-state index >= 15 is 0 Å². The summed E-state index contributed by atoms with van der Waals surface area (Å²) in [5, 5.41) is 0. The Morgan fingerprint density at radius 2 is 1.78 bits per heavy atom. The summed E-state index contributed by atoms with van der Waals surface area (Å²) in [4.78, 5) is 25.5. The van der Waals surface area contributed by atoms with E-state index in [4.69, 9.17) is 9.47 Å². The lowest BCUT2D eigenvalue weighted by Gasteiger charge is -2.22. The first kappa shape index (κ1) is 19.2. The molecule has 0 fully saturated rings. The predicted molar refractivity (Wildman–Crippen MR) is 89.2 cm³/mol. The van der Waals surface area contributed by atoms with Gasteiger partial charge in [0.2, 0.25) is 5.91 Å². The monoisotopic (exact) mass is 321 g/mol. The molecule has 0 saturated heterocycles. The zero-order chi connectivity index (χ0) is 17.1. The van der Waals surface area contributed by atoms with Crippen LogP contribution in [0.1, 0.15) is 30.9 Å². The van der Waals surface area contributed by atoms with Crippen molar-refractivity contribution in [3.8, 4) is 0 Å². The van der Waals surface area contributed by atoms with E-state index in [1.165, 1.54) is 5.56 Å². The van der Waals surface area contributed by atoms with E-state index in [1.807, 2.05) is 31.2 Å². The standard InChI is InChI=1S/C18H27NO4/c1-4-23-18(21)11-12-19(13-14-22-3)17(20)10-9-16-7-5-15(2)6-8-16/h5-8H,4,9-14H2,1-3H3. The zero-order valence-electron chi connectivity index (χ0n) is 14.3. The second kappa shape index (κ2) is 10.8. The molecule has 0 heterocycles. The van der Waals surface area contributed by atoms with Crippen LogP contribution in [0.2, 0.25) is 0 Å². The molecule has 23 heavy (non-hydrogen) atoms. The first-order valence-electron chi connectivity index (χ1n) is 8.04. The third-order valence-corrected chi connectivity index (χ3v) is 3.56. The first-order chi connectivity index (χ1) is 11.1. The van der Waals surface area contributed by atoms with Crippen molar-refractivity contribution in [2.24, 2.45) is 0 Å². The van der Waals surface area contributed by atoms with Crippen LogP contribution in [-0.4, -0.2) is 50.2 Å². The molecule has 0 aromatic heterocycles. The summed E-state index contributed by atoms with van der Waals surface area (Å²) in [7, 11) is 1.60. The van der Waals surface area contributed by atoms with Crippen LogP contribution in [0.5, 0.6) is 0 Å². The molecule has 5 heteroatoms. The van der Waals surface area contributed by atoms with Crippen molar-refractivity contribution in [2.75, 3.05) is 33.4 Å². The van der Waals surface area contributed by atoms with Crippen LogP contribution in [0, 0.1) is 6.92 Å². The molecule has 0 unspecified atom stereocenters. The number of hydrogen-bond acceptors (Lipinski definition) is 4. The molecule has 1 aromatic rings. The molecule has 0 saturated carbocycles. The fraction of sp³-hybridized carbons (Fsp3) is 0.556. The predicted octanol–water partition coefficient (Wildman–Crippen LogP) is 2.36. The fourth-order valence-corrected chi connectivity index (χ4v) is 2.19. The number of amides is 1. The van der Waals surface area contributed by atoms with Gasteiger partial charge < -0.3 is 14.4 Å². The molecule has 128 valence electrons. The summed E-state index contributed by atoms with van der Waals surface area (Å²) in [6.45, 7) is 5.49. The van der Waals surface area contributed by atoms with Crippen molar-refractivity contribution in [1.82, 2.24) is 4.90 Å². The summed E-state index contributed by atoms with van der Waals surface area (Å²) in [6, 6.07) is 8.17. The van der Waals surface area contributed by atoms with Gasteiger partial charge in [-0.3, -0.25) is 9.59 Å². The molecule has 0 atom stereocenters. The van der Waals surface area contributed by atoms with Gasteiger partial charge in [0.15, 0.2) is 0 Å². The highest BCUT2D eigenvalue weighted by molar-refractivity contribution is 5.77. The second-order valence-corrected chi connectivity index (χ2v) is 5.41. The Morgan fingerprint density at radius 1 is 1.09 bits per heavy atom. The zero-order valence-corrected chi connectivity index (χ0v) is 14.3. The summed E-state index contributed by atoms with van der Waals surface area (Å²) in [5.41, 5.74) is 2.34. The Hall–Kier alpha value is -1.88. The number of benzene rings is 1. The van der Waals surface area contributed by atoms with E-state index < -0.39 is 0 Å². The van der Waals surface area contributed by atoms with Crippen LogP contribution in [-0.2, 0) is 25.5 Å². The van der Waals surface area contributed by atoms with Crippen molar-refractivity contribution in [2.45, 2.75) is 33.1 Å². The Kier molecular flexibility index (Phi) is 8.98. The van der Waals surface area contributed by atoms with Gasteiger partial charge in [0.1, 0.15) is 0 Å². The molecule has 1 rings (SSSR count). The summed E-state index contributed by atoms with van der Waals surface area (Å²) < 4.78 is 9.95. The lowest BCUT2D eigenvalue weighted by atomic mass is 10.1. The van der Waals surface area contributed by atoms with Gasteiger partial charge in [-0.05, 0) is 25.8 Å². The molecule has 0 aliphatic heterocycles. The number of carbonyl (C=O) groups excluding carboxylic acids is 2. The molecular weight excluding hydrogens is 294 g/mol. The van der Waals surface area contributed by atoms with Crippen LogP contribution in [0.25, 0.3) is 0 Å². The van der Waals surface area contributed by atoms with E-state index in [0.717, 1.165) is 5.56 Å². The number of methoxy groups -OCH3 is 1. The number of esters is 1. The lowest BCUT2D eigenvalue weighted by molar-refractivity contribution is -0.144. The Labute approximate surface area is 138 Å². The smallest absolute Gasteiger partial charge is 0.307 e. The van der Waals surface area contributed by atoms with Crippen molar-refractivity contribution in [1.29, 1.82) is 0 Å². The minimum Gasteiger partial charge on any atom is -0.466 e. The maximum atomic E-state index is 12.4. The Bertz CT molecular complexity index is 484. The van der Waals surface area contributed by atoms with Crippen LogP contribution in [0.4, 0.5) is 0 Å². The average Bonchev–Trinajstić information content (AvgIpc) is 2.54. The molecule has 0 bridgehead atoms. The third-order valence-electron chi connectivity index (χ3n) is 3.56. The van der Waals surface area contributed by atoms with Gasteiger partial charge in [0.05, 0.1) is 19.6 Å². The highest BCUT2D eigenvalue weighted by Crippen LogP contribution is 2.08. The Morgan fingerprint density at radius 3 is 2.39 bits per heavy atom. The quantitative estimate of drug-likeness (QED) is 0.621. The van der Waals surface area contributed by atoms with E-state index in [1.54, 1.807) is 18.9 Å². The van der Waals surface area contributed by atoms with E-state index in [-0.39, 0.29) is 18.3 Å². The minimum atomic E-state index is -0.277. The number of rotatable bonds is 10. The summed E-state index contributed by atoms with van der Waals surface area (Å²) >= 11 is 0. The van der Waals surface area contributed by atoms with Crippen molar-refractivity contribution >= 4 is 11.9 Å². The topological polar surface area (TPSA) is 55.8 Å². The number of nitrogens with zero attached hydrogens (tertiary/aromatic N) is 1. The van der Waals surface area contributed by atoms with Gasteiger partial charge in [-0.25, -0.2) is 0 Å². The number of aryl methyl sites for hydroxylation is 2. The fourth-order valence-electron chi connectivity index (χ4n) is 2.19. The maximum Gasteiger partial charge on any atom is 0.307 e. The molecule has 5 nitrogen and oxygen atoms in total. The Balaban J connectivity index is 2.49. The highest BCUT2D eigenvalue weighted by atomic mass is 16.5. The molecule has 0 aliphatic rings. The lowest BCUT2D eigenvalue weighted by Crippen LogP contribution is -2.36.